The summed E-state index contributed by atoms with van der Waals surface area (Å²) in [5, 5.41) is 0. The monoisotopic (exact) mass is 279 g/mol. The topological polar surface area (TPSA) is 60.5 Å². The van der Waals surface area contributed by atoms with Crippen molar-refractivity contribution in [3.05, 3.63) is 18.0 Å². The summed E-state index contributed by atoms with van der Waals surface area (Å²) in [7, 11) is 1.66. The summed E-state index contributed by atoms with van der Waals surface area (Å²) in [4.78, 5) is 14.7. The summed E-state index contributed by atoms with van der Waals surface area (Å²) in [6.07, 6.45) is 4.26. The molecule has 2 N–H and O–H groups in total. The normalized spacial score (nSPS) is 16.1. The zero-order valence-electron chi connectivity index (χ0n) is 12.6. The summed E-state index contributed by atoms with van der Waals surface area (Å²) in [5.74, 6) is 0.693. The highest BCUT2D eigenvalue weighted by Gasteiger charge is 2.35. The predicted octanol–water partition coefficient (Wildman–Crippen LogP) is 1.98. The Balaban J connectivity index is 2.19. The van der Waals surface area contributed by atoms with Gasteiger partial charge in [0, 0.05) is 32.4 Å². The maximum absolute atomic E-state index is 12.8. The van der Waals surface area contributed by atoms with Crippen LogP contribution in [0.2, 0.25) is 0 Å². The zero-order chi connectivity index (χ0) is 14.7. The number of aromatic nitrogens is 1. The molecule has 0 bridgehead atoms. The van der Waals surface area contributed by atoms with Crippen LogP contribution in [0.15, 0.2) is 12.3 Å². The number of carbonyl (C=O) groups is 1. The number of ether oxygens (including phenoxy) is 1. The Morgan fingerprint density at radius 2 is 2.30 bits per heavy atom. The van der Waals surface area contributed by atoms with E-state index < -0.39 is 0 Å². The molecule has 5 nitrogen and oxygen atoms in total. The van der Waals surface area contributed by atoms with Crippen molar-refractivity contribution >= 4 is 11.6 Å². The van der Waals surface area contributed by atoms with E-state index in [0.717, 1.165) is 6.54 Å². The number of rotatable bonds is 7. The molecule has 0 saturated heterocycles. The number of carbonyl (C=O) groups excluding carboxylic acids is 1. The minimum atomic E-state index is 0.0556. The minimum Gasteiger partial charge on any atom is -0.397 e. The van der Waals surface area contributed by atoms with Crippen LogP contribution in [0.4, 0.5) is 5.69 Å². The summed E-state index contributed by atoms with van der Waals surface area (Å²) in [6, 6.07) is 2.03. The minimum absolute atomic E-state index is 0.0556. The number of hydrogen-bond acceptors (Lipinski definition) is 3. The SMILES string of the molecule is CCn1cc(N)cc1C(=O)N(CCOC)C(C)C1CC1. The molecule has 1 unspecified atom stereocenters. The lowest BCUT2D eigenvalue weighted by Gasteiger charge is -2.29. The average Bonchev–Trinajstić information content (AvgIpc) is 3.21. The lowest BCUT2D eigenvalue weighted by molar-refractivity contribution is 0.0584. The molecule has 0 aromatic carbocycles. The highest BCUT2D eigenvalue weighted by molar-refractivity contribution is 5.94. The maximum Gasteiger partial charge on any atom is 0.270 e. The molecular weight excluding hydrogens is 254 g/mol. The van der Waals surface area contributed by atoms with Gasteiger partial charge in [0.1, 0.15) is 5.69 Å². The Morgan fingerprint density at radius 1 is 1.60 bits per heavy atom. The number of amides is 1. The first-order valence-electron chi connectivity index (χ1n) is 7.34. The molecule has 1 aromatic rings. The van der Waals surface area contributed by atoms with Crippen molar-refractivity contribution in [1.29, 1.82) is 0 Å². The largest absolute Gasteiger partial charge is 0.397 e. The van der Waals surface area contributed by atoms with Crippen molar-refractivity contribution in [2.24, 2.45) is 5.92 Å². The van der Waals surface area contributed by atoms with Crippen molar-refractivity contribution in [1.82, 2.24) is 9.47 Å². The standard InChI is InChI=1S/C15H25N3O2/c1-4-17-10-13(16)9-14(17)15(19)18(7-8-20-3)11(2)12-5-6-12/h9-12H,4-8,16H2,1-3H3. The number of anilines is 1. The fourth-order valence-corrected chi connectivity index (χ4v) is 2.63. The highest BCUT2D eigenvalue weighted by Crippen LogP contribution is 2.35. The Hall–Kier alpha value is -1.49. The van der Waals surface area contributed by atoms with Crippen LogP contribution in [0.5, 0.6) is 0 Å². The van der Waals surface area contributed by atoms with Crippen LogP contribution in [0, 0.1) is 5.92 Å². The van der Waals surface area contributed by atoms with Crippen molar-refractivity contribution in [3.8, 4) is 0 Å². The van der Waals surface area contributed by atoms with Crippen LogP contribution in [0.25, 0.3) is 0 Å². The van der Waals surface area contributed by atoms with Crippen LogP contribution in [-0.4, -0.2) is 41.7 Å². The molecule has 1 aliphatic carbocycles. The van der Waals surface area contributed by atoms with Gasteiger partial charge in [0.2, 0.25) is 0 Å². The number of nitrogens with zero attached hydrogens (tertiary/aromatic N) is 2. The number of aryl methyl sites for hydroxylation is 1. The van der Waals surface area contributed by atoms with Gasteiger partial charge in [-0.25, -0.2) is 0 Å². The van der Waals surface area contributed by atoms with Gasteiger partial charge in [0.15, 0.2) is 0 Å². The van der Waals surface area contributed by atoms with Gasteiger partial charge in [0.05, 0.1) is 12.3 Å². The fraction of sp³-hybridized carbons (Fsp3) is 0.667. The average molecular weight is 279 g/mol. The van der Waals surface area contributed by atoms with Gasteiger partial charge < -0.3 is 19.9 Å². The molecule has 20 heavy (non-hydrogen) atoms. The lowest BCUT2D eigenvalue weighted by atomic mass is 10.1. The number of methoxy groups -OCH3 is 1. The first kappa shape index (κ1) is 14.9. The second-order valence-corrected chi connectivity index (χ2v) is 5.51. The van der Waals surface area contributed by atoms with E-state index in [9.17, 15) is 4.79 Å². The van der Waals surface area contributed by atoms with E-state index in [1.807, 2.05) is 22.6 Å². The Morgan fingerprint density at radius 3 is 2.85 bits per heavy atom. The van der Waals surface area contributed by atoms with E-state index in [4.69, 9.17) is 10.5 Å². The van der Waals surface area contributed by atoms with E-state index in [1.165, 1.54) is 12.8 Å². The number of hydrogen-bond donors (Lipinski definition) is 1. The highest BCUT2D eigenvalue weighted by atomic mass is 16.5. The molecule has 1 amide bonds. The lowest BCUT2D eigenvalue weighted by Crippen LogP contribution is -2.42. The maximum atomic E-state index is 12.8. The molecule has 0 radical (unpaired) electrons. The van der Waals surface area contributed by atoms with E-state index in [2.05, 4.69) is 6.92 Å². The molecule has 1 heterocycles. The van der Waals surface area contributed by atoms with Gasteiger partial charge in [-0.05, 0) is 38.7 Å². The van der Waals surface area contributed by atoms with Crippen LogP contribution in [-0.2, 0) is 11.3 Å². The Kier molecular flexibility index (Phi) is 4.70. The van der Waals surface area contributed by atoms with Gasteiger partial charge in [0.25, 0.3) is 5.91 Å². The van der Waals surface area contributed by atoms with Crippen molar-refractivity contribution in [2.75, 3.05) is 26.0 Å². The first-order chi connectivity index (χ1) is 9.58. The summed E-state index contributed by atoms with van der Waals surface area (Å²) in [5.41, 5.74) is 7.14. The third kappa shape index (κ3) is 3.15. The molecule has 1 aromatic heterocycles. The van der Waals surface area contributed by atoms with E-state index in [0.29, 0.717) is 30.5 Å². The molecule has 112 valence electrons. The van der Waals surface area contributed by atoms with Crippen molar-refractivity contribution < 1.29 is 9.53 Å². The molecule has 2 rings (SSSR count). The van der Waals surface area contributed by atoms with Gasteiger partial charge in [-0.3, -0.25) is 4.79 Å². The molecule has 1 atom stereocenters. The molecule has 1 saturated carbocycles. The molecule has 1 fully saturated rings. The fourth-order valence-electron chi connectivity index (χ4n) is 2.63. The van der Waals surface area contributed by atoms with Crippen LogP contribution >= 0.6 is 0 Å². The second kappa shape index (κ2) is 6.31. The summed E-state index contributed by atoms with van der Waals surface area (Å²) >= 11 is 0. The third-order valence-electron chi connectivity index (χ3n) is 4.07. The Labute approximate surface area is 120 Å². The summed E-state index contributed by atoms with van der Waals surface area (Å²) < 4.78 is 7.06. The summed E-state index contributed by atoms with van der Waals surface area (Å²) in [6.45, 7) is 6.08. The van der Waals surface area contributed by atoms with E-state index in [-0.39, 0.29) is 11.9 Å². The van der Waals surface area contributed by atoms with Gasteiger partial charge in [-0.2, -0.15) is 0 Å². The van der Waals surface area contributed by atoms with Crippen LogP contribution in [0.3, 0.4) is 0 Å². The van der Waals surface area contributed by atoms with Crippen molar-refractivity contribution in [3.63, 3.8) is 0 Å². The van der Waals surface area contributed by atoms with Crippen LogP contribution < -0.4 is 5.73 Å². The van der Waals surface area contributed by atoms with E-state index >= 15 is 0 Å². The number of nitrogens with two attached hydrogens (primary N) is 1. The zero-order valence-corrected chi connectivity index (χ0v) is 12.6. The van der Waals surface area contributed by atoms with Crippen molar-refractivity contribution in [2.45, 2.75) is 39.3 Å². The number of nitrogen functional groups attached to an aromatic ring is 1. The quantitative estimate of drug-likeness (QED) is 0.830. The molecule has 1 aliphatic rings. The van der Waals surface area contributed by atoms with E-state index in [1.54, 1.807) is 13.2 Å². The molecular formula is C15H25N3O2. The molecule has 0 aliphatic heterocycles. The molecule has 0 spiro atoms. The second-order valence-electron chi connectivity index (χ2n) is 5.51. The predicted molar refractivity (Wildman–Crippen MR) is 79.6 cm³/mol. The van der Waals surface area contributed by atoms with Gasteiger partial charge >= 0.3 is 0 Å². The van der Waals surface area contributed by atoms with Gasteiger partial charge in [-0.15, -0.1) is 0 Å². The Bertz CT molecular complexity index is 466. The van der Waals surface area contributed by atoms with Crippen LogP contribution in [0.1, 0.15) is 37.2 Å². The first-order valence-corrected chi connectivity index (χ1v) is 7.34. The third-order valence-corrected chi connectivity index (χ3v) is 4.07. The smallest absolute Gasteiger partial charge is 0.270 e. The molecule has 5 heteroatoms. The van der Waals surface area contributed by atoms with Gasteiger partial charge in [-0.1, -0.05) is 0 Å².